The summed E-state index contributed by atoms with van der Waals surface area (Å²) < 4.78 is 0. The summed E-state index contributed by atoms with van der Waals surface area (Å²) in [5, 5.41) is 3.71. The Morgan fingerprint density at radius 2 is 1.95 bits per heavy atom. The van der Waals surface area contributed by atoms with Crippen LogP contribution in [0, 0.1) is 6.92 Å². The van der Waals surface area contributed by atoms with Crippen LogP contribution in [0.25, 0.3) is 0 Å². The third-order valence-corrected chi connectivity index (χ3v) is 4.69. The van der Waals surface area contributed by atoms with E-state index in [0.717, 1.165) is 6.54 Å². The van der Waals surface area contributed by atoms with E-state index in [-0.39, 0.29) is 0 Å². The lowest BCUT2D eigenvalue weighted by molar-refractivity contribution is 0.488. The van der Waals surface area contributed by atoms with Crippen LogP contribution in [-0.2, 0) is 0 Å². The first-order valence-corrected chi connectivity index (χ1v) is 9.17. The Kier molecular flexibility index (Phi) is 9.86. The molecule has 1 N–H and O–H groups in total. The number of rotatable bonds is 11. The molecule has 1 nitrogen and oxygen atoms in total. The van der Waals surface area contributed by atoms with Crippen LogP contribution < -0.4 is 5.32 Å². The summed E-state index contributed by atoms with van der Waals surface area (Å²) in [4.78, 5) is 1.40. The Morgan fingerprint density at radius 1 is 1.10 bits per heavy atom. The van der Waals surface area contributed by atoms with Gasteiger partial charge in [0, 0.05) is 16.7 Å². The number of hydrogen-bond donors (Lipinski definition) is 1. The van der Waals surface area contributed by atoms with E-state index in [2.05, 4.69) is 50.4 Å². The average Bonchev–Trinajstić information content (AvgIpc) is 2.45. The fourth-order valence-electron chi connectivity index (χ4n) is 2.31. The number of nitrogens with one attached hydrogen (secondary N) is 1. The van der Waals surface area contributed by atoms with Crippen LogP contribution >= 0.6 is 11.8 Å². The van der Waals surface area contributed by atoms with Gasteiger partial charge in [-0.15, -0.1) is 11.8 Å². The summed E-state index contributed by atoms with van der Waals surface area (Å²) in [6, 6.07) is 9.51. The Hall–Kier alpha value is -0.470. The lowest BCUT2D eigenvalue weighted by atomic mass is 10.1. The second-order valence-corrected chi connectivity index (χ2v) is 6.72. The molecule has 0 aliphatic carbocycles. The molecule has 0 saturated heterocycles. The van der Waals surface area contributed by atoms with Crippen LogP contribution in [0.1, 0.15) is 57.9 Å². The molecule has 1 atom stereocenters. The Morgan fingerprint density at radius 3 is 2.65 bits per heavy atom. The SMILES string of the molecule is CCCCCCC(CSc1cccc(C)c1)NCCC. The van der Waals surface area contributed by atoms with Gasteiger partial charge < -0.3 is 5.32 Å². The van der Waals surface area contributed by atoms with Crippen molar-refractivity contribution in [1.29, 1.82) is 0 Å². The highest BCUT2D eigenvalue weighted by atomic mass is 32.2. The molecule has 20 heavy (non-hydrogen) atoms. The molecule has 0 aromatic heterocycles. The van der Waals surface area contributed by atoms with Crippen LogP contribution in [0.15, 0.2) is 29.2 Å². The molecule has 0 saturated carbocycles. The highest BCUT2D eigenvalue weighted by Crippen LogP contribution is 2.21. The molecule has 0 spiro atoms. The number of thioether (sulfide) groups is 1. The van der Waals surface area contributed by atoms with Gasteiger partial charge in [0.1, 0.15) is 0 Å². The van der Waals surface area contributed by atoms with E-state index in [1.165, 1.54) is 54.7 Å². The summed E-state index contributed by atoms with van der Waals surface area (Å²) in [6.07, 6.45) is 8.00. The molecule has 1 aromatic carbocycles. The van der Waals surface area contributed by atoms with Crippen molar-refractivity contribution in [3.05, 3.63) is 29.8 Å². The molecular formula is C18H31NS. The van der Waals surface area contributed by atoms with Crippen LogP contribution in [-0.4, -0.2) is 18.3 Å². The van der Waals surface area contributed by atoms with Crippen molar-refractivity contribution in [2.75, 3.05) is 12.3 Å². The topological polar surface area (TPSA) is 12.0 Å². The zero-order valence-corrected chi connectivity index (χ0v) is 14.3. The summed E-state index contributed by atoms with van der Waals surface area (Å²) >= 11 is 1.99. The second-order valence-electron chi connectivity index (χ2n) is 5.63. The highest BCUT2D eigenvalue weighted by molar-refractivity contribution is 7.99. The molecular weight excluding hydrogens is 262 g/mol. The number of aryl methyl sites for hydroxylation is 1. The monoisotopic (exact) mass is 293 g/mol. The normalized spacial score (nSPS) is 12.6. The van der Waals surface area contributed by atoms with E-state index in [0.29, 0.717) is 6.04 Å². The van der Waals surface area contributed by atoms with Gasteiger partial charge in [0.05, 0.1) is 0 Å². The first kappa shape index (κ1) is 17.6. The van der Waals surface area contributed by atoms with Crippen LogP contribution in [0.3, 0.4) is 0 Å². The Bertz CT molecular complexity index is 351. The summed E-state index contributed by atoms with van der Waals surface area (Å²) in [5.41, 5.74) is 1.36. The Balaban J connectivity index is 2.34. The first-order chi connectivity index (χ1) is 9.76. The van der Waals surface area contributed by atoms with Gasteiger partial charge in [0.15, 0.2) is 0 Å². The van der Waals surface area contributed by atoms with Gasteiger partial charge in [0.2, 0.25) is 0 Å². The van der Waals surface area contributed by atoms with Crippen LogP contribution in [0.5, 0.6) is 0 Å². The van der Waals surface area contributed by atoms with E-state index in [9.17, 15) is 0 Å². The van der Waals surface area contributed by atoms with Gasteiger partial charge in [-0.1, -0.05) is 57.2 Å². The third kappa shape index (κ3) is 7.96. The summed E-state index contributed by atoms with van der Waals surface area (Å²) in [6.45, 7) is 7.84. The average molecular weight is 294 g/mol. The Labute approximate surface area is 129 Å². The number of unbranched alkanes of at least 4 members (excludes halogenated alkanes) is 3. The van der Waals surface area contributed by atoms with E-state index in [4.69, 9.17) is 0 Å². The lowest BCUT2D eigenvalue weighted by Gasteiger charge is -2.18. The maximum Gasteiger partial charge on any atom is 0.0161 e. The quantitative estimate of drug-likeness (QED) is 0.431. The molecule has 114 valence electrons. The van der Waals surface area contributed by atoms with Crippen molar-refractivity contribution in [3.8, 4) is 0 Å². The molecule has 1 rings (SSSR count). The second kappa shape index (κ2) is 11.2. The molecule has 0 fully saturated rings. The maximum atomic E-state index is 3.71. The van der Waals surface area contributed by atoms with Crippen molar-refractivity contribution in [2.24, 2.45) is 0 Å². The van der Waals surface area contributed by atoms with Gasteiger partial charge in [-0.3, -0.25) is 0 Å². The molecule has 0 radical (unpaired) electrons. The predicted molar refractivity (Wildman–Crippen MR) is 92.7 cm³/mol. The predicted octanol–water partition coefficient (Wildman–Crippen LogP) is 5.43. The summed E-state index contributed by atoms with van der Waals surface area (Å²) in [7, 11) is 0. The van der Waals surface area contributed by atoms with Gasteiger partial charge in [-0.2, -0.15) is 0 Å². The zero-order valence-electron chi connectivity index (χ0n) is 13.5. The van der Waals surface area contributed by atoms with Crippen molar-refractivity contribution in [1.82, 2.24) is 5.32 Å². The molecule has 0 amide bonds. The molecule has 1 aromatic rings. The van der Waals surface area contributed by atoms with Gasteiger partial charge >= 0.3 is 0 Å². The van der Waals surface area contributed by atoms with E-state index in [1.807, 2.05) is 11.8 Å². The standard InChI is InChI=1S/C18H31NS/c1-4-6-7-8-11-17(19-13-5-2)15-20-18-12-9-10-16(3)14-18/h9-10,12,14,17,19H,4-8,11,13,15H2,1-3H3. The van der Waals surface area contributed by atoms with Gasteiger partial charge in [0.25, 0.3) is 0 Å². The molecule has 0 aliphatic heterocycles. The lowest BCUT2D eigenvalue weighted by Crippen LogP contribution is -2.31. The van der Waals surface area contributed by atoms with Crippen molar-refractivity contribution in [3.63, 3.8) is 0 Å². The van der Waals surface area contributed by atoms with Crippen LogP contribution in [0.2, 0.25) is 0 Å². The van der Waals surface area contributed by atoms with Gasteiger partial charge in [-0.05, 0) is 38.4 Å². The largest absolute Gasteiger partial charge is 0.313 e. The highest BCUT2D eigenvalue weighted by Gasteiger charge is 2.08. The van der Waals surface area contributed by atoms with E-state index < -0.39 is 0 Å². The van der Waals surface area contributed by atoms with E-state index in [1.54, 1.807) is 0 Å². The summed E-state index contributed by atoms with van der Waals surface area (Å²) in [5.74, 6) is 1.19. The van der Waals surface area contributed by atoms with Crippen LogP contribution in [0.4, 0.5) is 0 Å². The number of benzene rings is 1. The third-order valence-electron chi connectivity index (χ3n) is 3.53. The number of hydrogen-bond acceptors (Lipinski definition) is 2. The molecule has 0 heterocycles. The first-order valence-electron chi connectivity index (χ1n) is 8.19. The fraction of sp³-hybridized carbons (Fsp3) is 0.667. The fourth-order valence-corrected chi connectivity index (χ4v) is 3.43. The zero-order chi connectivity index (χ0) is 14.6. The molecule has 0 bridgehead atoms. The van der Waals surface area contributed by atoms with Crippen molar-refractivity contribution >= 4 is 11.8 Å². The molecule has 0 aliphatic rings. The minimum atomic E-state index is 0.664. The van der Waals surface area contributed by atoms with E-state index >= 15 is 0 Å². The molecule has 2 heteroatoms. The van der Waals surface area contributed by atoms with Crippen molar-refractivity contribution < 1.29 is 0 Å². The van der Waals surface area contributed by atoms with Crippen molar-refractivity contribution in [2.45, 2.75) is 70.2 Å². The van der Waals surface area contributed by atoms with Gasteiger partial charge in [-0.25, -0.2) is 0 Å². The maximum absolute atomic E-state index is 3.71. The smallest absolute Gasteiger partial charge is 0.0161 e. The minimum Gasteiger partial charge on any atom is -0.313 e. The molecule has 1 unspecified atom stereocenters. The minimum absolute atomic E-state index is 0.664.